The SMILES string of the molecule is C=C(C)C(=O)O.OC1(O)CCCC1.OC1(O)CCCC1. The number of carboxylic acids is 1. The third-order valence-electron chi connectivity index (χ3n) is 3.17. The van der Waals surface area contributed by atoms with Gasteiger partial charge in [-0.2, -0.15) is 0 Å². The van der Waals surface area contributed by atoms with Gasteiger partial charge in [0, 0.05) is 31.3 Å². The number of carboxylic acid groups (broad SMARTS) is 1. The van der Waals surface area contributed by atoms with E-state index in [-0.39, 0.29) is 5.57 Å². The molecule has 0 aromatic rings. The maximum atomic E-state index is 9.60. The fraction of sp³-hybridized carbons (Fsp3) is 0.786. The Bertz CT molecular complexity index is 274. The molecule has 0 aromatic carbocycles. The van der Waals surface area contributed by atoms with Gasteiger partial charge in [-0.25, -0.2) is 4.79 Å². The van der Waals surface area contributed by atoms with Crippen molar-refractivity contribution in [1.29, 1.82) is 0 Å². The van der Waals surface area contributed by atoms with Gasteiger partial charge < -0.3 is 25.5 Å². The molecule has 5 N–H and O–H groups in total. The molecule has 2 rings (SSSR count). The van der Waals surface area contributed by atoms with Crippen molar-refractivity contribution in [2.75, 3.05) is 0 Å². The maximum absolute atomic E-state index is 9.60. The average molecular weight is 290 g/mol. The summed E-state index contributed by atoms with van der Waals surface area (Å²) in [5.74, 6) is -3.55. The third-order valence-corrected chi connectivity index (χ3v) is 3.17. The molecular weight excluding hydrogens is 264 g/mol. The second-order valence-electron chi connectivity index (χ2n) is 5.46. The molecule has 0 spiro atoms. The second kappa shape index (κ2) is 8.36. The summed E-state index contributed by atoms with van der Waals surface area (Å²) in [7, 11) is 0. The maximum Gasteiger partial charge on any atom is 0.330 e. The summed E-state index contributed by atoms with van der Waals surface area (Å²) in [5, 5.41) is 42.9. The van der Waals surface area contributed by atoms with E-state index in [0.717, 1.165) is 25.7 Å². The molecule has 6 heteroatoms. The summed E-state index contributed by atoms with van der Waals surface area (Å²) in [5.41, 5.74) is 0.176. The molecule has 0 heterocycles. The van der Waals surface area contributed by atoms with Gasteiger partial charge in [-0.15, -0.1) is 0 Å². The highest BCUT2D eigenvalue weighted by atomic mass is 16.5. The minimum atomic E-state index is -1.31. The van der Waals surface area contributed by atoms with Crippen LogP contribution in [0.3, 0.4) is 0 Å². The van der Waals surface area contributed by atoms with E-state index in [1.54, 1.807) is 0 Å². The number of hydrogen-bond acceptors (Lipinski definition) is 5. The lowest BCUT2D eigenvalue weighted by atomic mass is 10.2. The van der Waals surface area contributed by atoms with Crippen LogP contribution in [0.2, 0.25) is 0 Å². The third kappa shape index (κ3) is 9.91. The molecular formula is C14H26O6. The van der Waals surface area contributed by atoms with E-state index >= 15 is 0 Å². The van der Waals surface area contributed by atoms with Crippen LogP contribution in [0.4, 0.5) is 0 Å². The average Bonchev–Trinajstić information content (AvgIpc) is 2.88. The molecule has 0 bridgehead atoms. The van der Waals surface area contributed by atoms with Crippen LogP contribution in [0.1, 0.15) is 58.3 Å². The Labute approximate surface area is 119 Å². The normalized spacial score (nSPS) is 22.1. The Kier molecular flexibility index (Phi) is 7.96. The predicted molar refractivity (Wildman–Crippen MR) is 73.7 cm³/mol. The van der Waals surface area contributed by atoms with Crippen molar-refractivity contribution in [3.05, 3.63) is 12.2 Å². The van der Waals surface area contributed by atoms with Crippen molar-refractivity contribution in [1.82, 2.24) is 0 Å². The molecule has 0 saturated heterocycles. The van der Waals surface area contributed by atoms with Gasteiger partial charge in [0.05, 0.1) is 0 Å². The van der Waals surface area contributed by atoms with Gasteiger partial charge in [0.15, 0.2) is 11.6 Å². The van der Waals surface area contributed by atoms with Crippen molar-refractivity contribution in [2.45, 2.75) is 69.9 Å². The number of rotatable bonds is 1. The zero-order valence-electron chi connectivity index (χ0n) is 12.0. The zero-order valence-corrected chi connectivity index (χ0v) is 12.0. The van der Waals surface area contributed by atoms with E-state index in [4.69, 9.17) is 25.5 Å². The highest BCUT2D eigenvalue weighted by Crippen LogP contribution is 2.26. The number of carbonyl (C=O) groups is 1. The first-order valence-electron chi connectivity index (χ1n) is 6.84. The highest BCUT2D eigenvalue weighted by Gasteiger charge is 2.27. The molecule has 118 valence electrons. The second-order valence-corrected chi connectivity index (χ2v) is 5.46. The Morgan fingerprint density at radius 1 is 0.850 bits per heavy atom. The standard InChI is InChI=1S/2C5H10O2.C4H6O2/c2*6-5(7)3-1-2-4-5;1-3(2)4(5)6/h2*6-7H,1-4H2;1H2,2H3,(H,5,6). The van der Waals surface area contributed by atoms with Gasteiger partial charge >= 0.3 is 5.97 Å². The zero-order chi connectivity index (χ0) is 15.8. The van der Waals surface area contributed by atoms with Crippen molar-refractivity contribution >= 4 is 5.97 Å². The van der Waals surface area contributed by atoms with Gasteiger partial charge in [0.25, 0.3) is 0 Å². The van der Waals surface area contributed by atoms with Gasteiger partial charge in [-0.05, 0) is 32.6 Å². The Balaban J connectivity index is 0.000000272. The molecule has 0 unspecified atom stereocenters. The summed E-state index contributed by atoms with van der Waals surface area (Å²) < 4.78 is 0. The van der Waals surface area contributed by atoms with Crippen LogP contribution in [-0.4, -0.2) is 43.1 Å². The molecule has 2 saturated carbocycles. The lowest BCUT2D eigenvalue weighted by Crippen LogP contribution is -2.21. The summed E-state index contributed by atoms with van der Waals surface area (Å²) in [6, 6.07) is 0. The molecule has 0 amide bonds. The van der Waals surface area contributed by atoms with Gasteiger partial charge in [-0.1, -0.05) is 6.58 Å². The van der Waals surface area contributed by atoms with Gasteiger partial charge in [0.2, 0.25) is 0 Å². The van der Waals surface area contributed by atoms with E-state index in [0.29, 0.717) is 25.7 Å². The summed E-state index contributed by atoms with van der Waals surface area (Å²) in [4.78, 5) is 9.60. The van der Waals surface area contributed by atoms with E-state index in [1.165, 1.54) is 6.92 Å². The van der Waals surface area contributed by atoms with Crippen molar-refractivity contribution in [3.8, 4) is 0 Å². The molecule has 0 atom stereocenters. The van der Waals surface area contributed by atoms with Crippen LogP contribution in [0.5, 0.6) is 0 Å². The minimum Gasteiger partial charge on any atom is -0.478 e. The summed E-state index contributed by atoms with van der Waals surface area (Å²) >= 11 is 0. The monoisotopic (exact) mass is 290 g/mol. The molecule has 2 aliphatic carbocycles. The van der Waals surface area contributed by atoms with E-state index in [9.17, 15) is 4.79 Å². The first-order chi connectivity index (χ1) is 9.06. The van der Waals surface area contributed by atoms with Crippen LogP contribution in [0, 0.1) is 0 Å². The topological polar surface area (TPSA) is 118 Å². The highest BCUT2D eigenvalue weighted by molar-refractivity contribution is 5.84. The lowest BCUT2D eigenvalue weighted by molar-refractivity contribution is -0.153. The van der Waals surface area contributed by atoms with Crippen molar-refractivity contribution < 1.29 is 30.3 Å². The number of hydrogen-bond donors (Lipinski definition) is 5. The molecule has 2 aliphatic rings. The molecule has 20 heavy (non-hydrogen) atoms. The number of aliphatic hydroxyl groups is 4. The fourth-order valence-corrected chi connectivity index (χ4v) is 1.88. The first-order valence-corrected chi connectivity index (χ1v) is 6.84. The molecule has 6 nitrogen and oxygen atoms in total. The van der Waals surface area contributed by atoms with E-state index in [1.807, 2.05) is 0 Å². The quantitative estimate of drug-likeness (QED) is 0.365. The van der Waals surface area contributed by atoms with E-state index < -0.39 is 17.5 Å². The molecule has 0 aliphatic heterocycles. The molecule has 2 fully saturated rings. The summed E-state index contributed by atoms with van der Waals surface area (Å²) in [6.45, 7) is 4.60. The predicted octanol–water partition coefficient (Wildman–Crippen LogP) is 1.13. The molecule has 0 radical (unpaired) electrons. The molecule has 0 aromatic heterocycles. The Hall–Kier alpha value is -0.950. The van der Waals surface area contributed by atoms with Crippen LogP contribution in [-0.2, 0) is 4.79 Å². The van der Waals surface area contributed by atoms with E-state index in [2.05, 4.69) is 6.58 Å². The Morgan fingerprint density at radius 2 is 1.05 bits per heavy atom. The van der Waals surface area contributed by atoms with Crippen LogP contribution >= 0.6 is 0 Å². The van der Waals surface area contributed by atoms with Crippen LogP contribution in [0.15, 0.2) is 12.2 Å². The summed E-state index contributed by atoms with van der Waals surface area (Å²) in [6.07, 6.45) is 6.11. The smallest absolute Gasteiger partial charge is 0.330 e. The van der Waals surface area contributed by atoms with Crippen molar-refractivity contribution in [3.63, 3.8) is 0 Å². The van der Waals surface area contributed by atoms with Gasteiger partial charge in [-0.3, -0.25) is 0 Å². The van der Waals surface area contributed by atoms with Crippen LogP contribution < -0.4 is 0 Å². The minimum absolute atomic E-state index is 0.176. The van der Waals surface area contributed by atoms with Crippen LogP contribution in [0.25, 0.3) is 0 Å². The fourth-order valence-electron chi connectivity index (χ4n) is 1.88. The largest absolute Gasteiger partial charge is 0.478 e. The Morgan fingerprint density at radius 3 is 1.10 bits per heavy atom. The number of aliphatic carboxylic acids is 1. The first kappa shape index (κ1) is 19.1. The van der Waals surface area contributed by atoms with Gasteiger partial charge in [0.1, 0.15) is 0 Å². The van der Waals surface area contributed by atoms with Crippen molar-refractivity contribution in [2.24, 2.45) is 0 Å². The lowest BCUT2D eigenvalue weighted by Gasteiger charge is -2.11.